The summed E-state index contributed by atoms with van der Waals surface area (Å²) < 4.78 is 18.7. The fourth-order valence-electron chi connectivity index (χ4n) is 3.42. The lowest BCUT2D eigenvalue weighted by atomic mass is 10.1. The molecule has 4 heterocycles. The molecule has 1 aliphatic rings. The third kappa shape index (κ3) is 3.64. The predicted octanol–water partition coefficient (Wildman–Crippen LogP) is 1.71. The highest BCUT2D eigenvalue weighted by Crippen LogP contribution is 2.33. The summed E-state index contributed by atoms with van der Waals surface area (Å²) in [6.07, 6.45) is 3.32. The predicted molar refractivity (Wildman–Crippen MR) is 103 cm³/mol. The van der Waals surface area contributed by atoms with Crippen molar-refractivity contribution in [3.05, 3.63) is 46.6 Å². The minimum Gasteiger partial charge on any atom is -0.455 e. The van der Waals surface area contributed by atoms with Gasteiger partial charge in [-0.05, 0) is 17.2 Å². The molecule has 3 atom stereocenters. The van der Waals surface area contributed by atoms with Crippen molar-refractivity contribution in [3.8, 4) is 0 Å². The average Bonchev–Trinajstić information content (AvgIpc) is 3.45. The molecule has 4 rings (SSSR count). The molecule has 156 valence electrons. The summed E-state index contributed by atoms with van der Waals surface area (Å²) in [6, 6.07) is 1.66. The van der Waals surface area contributed by atoms with E-state index in [0.717, 1.165) is 0 Å². The van der Waals surface area contributed by atoms with Crippen LogP contribution >= 0.6 is 0 Å². The lowest BCUT2D eigenvalue weighted by molar-refractivity contribution is -0.0582. The molecule has 13 heteroatoms. The molecule has 0 radical (unpaired) electrons. The Morgan fingerprint density at radius 2 is 2.37 bits per heavy atom. The monoisotopic (exact) mass is 413 g/mol. The van der Waals surface area contributed by atoms with Crippen LogP contribution in [0.4, 0.5) is 5.82 Å². The number of azide groups is 1. The number of nitrogens with zero attached hydrogens (tertiary/aromatic N) is 7. The number of aromatic amines is 1. The topological polar surface area (TPSA) is 179 Å². The van der Waals surface area contributed by atoms with Gasteiger partial charge in [0, 0.05) is 24.6 Å². The number of fused-ring (bicyclic) bond motifs is 1. The van der Waals surface area contributed by atoms with Crippen LogP contribution in [0.25, 0.3) is 21.6 Å². The summed E-state index contributed by atoms with van der Waals surface area (Å²) in [7, 11) is 1.54. The fraction of sp³-hybridized carbons (Fsp3) is 0.412. The number of nitrogens with one attached hydrogen (secondary N) is 1. The van der Waals surface area contributed by atoms with E-state index in [-0.39, 0.29) is 24.7 Å². The molecule has 0 amide bonds. The van der Waals surface area contributed by atoms with Crippen molar-refractivity contribution in [1.82, 2.24) is 24.5 Å². The number of aromatic nitrogens is 5. The SMILES string of the molecule is COC[C@H]1O[C@@H](n2cnc3c(N)ncnc32)CC1OC(=O)c1[nH]ccc1CN=[N+]=[N-]. The van der Waals surface area contributed by atoms with Gasteiger partial charge in [0.05, 0.1) is 19.5 Å². The number of carbonyl (C=O) groups excluding carboxylic acids is 1. The zero-order chi connectivity index (χ0) is 21.1. The first-order valence-electron chi connectivity index (χ1n) is 9.07. The van der Waals surface area contributed by atoms with E-state index in [1.807, 2.05) is 0 Å². The van der Waals surface area contributed by atoms with E-state index in [9.17, 15) is 4.79 Å². The van der Waals surface area contributed by atoms with Crippen LogP contribution in [0.3, 0.4) is 0 Å². The normalized spacial score (nSPS) is 20.9. The molecule has 3 aromatic heterocycles. The molecule has 3 N–H and O–H groups in total. The Labute approximate surface area is 169 Å². The van der Waals surface area contributed by atoms with Crippen LogP contribution in [0.2, 0.25) is 0 Å². The zero-order valence-electron chi connectivity index (χ0n) is 16.0. The first-order chi connectivity index (χ1) is 14.6. The van der Waals surface area contributed by atoms with Crippen molar-refractivity contribution in [2.75, 3.05) is 19.5 Å². The maximum Gasteiger partial charge on any atom is 0.355 e. The summed E-state index contributed by atoms with van der Waals surface area (Å²) in [5, 5.41) is 3.49. The van der Waals surface area contributed by atoms with E-state index in [1.165, 1.54) is 6.33 Å². The molecule has 1 unspecified atom stereocenters. The molecular weight excluding hydrogens is 394 g/mol. The molecule has 0 bridgehead atoms. The Morgan fingerprint density at radius 3 is 3.17 bits per heavy atom. The Morgan fingerprint density at radius 1 is 1.50 bits per heavy atom. The summed E-state index contributed by atoms with van der Waals surface area (Å²) in [5.74, 6) is -0.298. The van der Waals surface area contributed by atoms with Crippen molar-refractivity contribution in [1.29, 1.82) is 0 Å². The van der Waals surface area contributed by atoms with Crippen LogP contribution in [0.5, 0.6) is 0 Å². The summed E-state index contributed by atoms with van der Waals surface area (Å²) in [4.78, 5) is 30.7. The second-order valence-corrected chi connectivity index (χ2v) is 6.61. The van der Waals surface area contributed by atoms with Gasteiger partial charge in [-0.25, -0.2) is 19.7 Å². The molecule has 0 saturated carbocycles. The maximum absolute atomic E-state index is 12.7. The van der Waals surface area contributed by atoms with Crippen LogP contribution in [0.15, 0.2) is 30.0 Å². The van der Waals surface area contributed by atoms with Crippen LogP contribution in [-0.2, 0) is 20.8 Å². The number of nitrogen functional groups attached to an aromatic ring is 1. The Bertz CT molecular complexity index is 1100. The van der Waals surface area contributed by atoms with Crippen molar-refractivity contribution in [3.63, 3.8) is 0 Å². The molecule has 30 heavy (non-hydrogen) atoms. The Kier molecular flexibility index (Phi) is 5.48. The number of carbonyl (C=O) groups is 1. The third-order valence-corrected chi connectivity index (χ3v) is 4.81. The van der Waals surface area contributed by atoms with Crippen molar-refractivity contribution < 1.29 is 19.0 Å². The molecule has 3 aromatic rings. The molecular formula is C17H19N9O4. The zero-order valence-corrected chi connectivity index (χ0v) is 16.0. The number of H-pyrrole nitrogens is 1. The molecule has 1 fully saturated rings. The van der Waals surface area contributed by atoms with Gasteiger partial charge in [0.2, 0.25) is 0 Å². The van der Waals surface area contributed by atoms with Gasteiger partial charge in [-0.15, -0.1) is 0 Å². The second-order valence-electron chi connectivity index (χ2n) is 6.61. The van der Waals surface area contributed by atoms with E-state index in [4.69, 9.17) is 25.5 Å². The van der Waals surface area contributed by atoms with Gasteiger partial charge in [-0.1, -0.05) is 5.11 Å². The van der Waals surface area contributed by atoms with Gasteiger partial charge in [0.25, 0.3) is 0 Å². The third-order valence-electron chi connectivity index (χ3n) is 4.81. The highest BCUT2D eigenvalue weighted by Gasteiger charge is 2.40. The minimum atomic E-state index is -0.574. The number of hydrogen-bond acceptors (Lipinski definition) is 9. The van der Waals surface area contributed by atoms with E-state index in [1.54, 1.807) is 30.3 Å². The van der Waals surface area contributed by atoms with Gasteiger partial charge >= 0.3 is 5.97 Å². The van der Waals surface area contributed by atoms with Crippen molar-refractivity contribution >= 4 is 23.0 Å². The summed E-state index contributed by atoms with van der Waals surface area (Å²) in [6.45, 7) is 0.270. The molecule has 13 nitrogen and oxygen atoms in total. The van der Waals surface area contributed by atoms with Crippen LogP contribution in [-0.4, -0.2) is 56.4 Å². The number of anilines is 1. The molecule has 1 aliphatic heterocycles. The van der Waals surface area contributed by atoms with Gasteiger partial charge in [0.1, 0.15) is 36.0 Å². The van der Waals surface area contributed by atoms with Crippen LogP contribution < -0.4 is 5.73 Å². The first-order valence-corrected chi connectivity index (χ1v) is 9.07. The lowest BCUT2D eigenvalue weighted by Gasteiger charge is -2.18. The Hall–Kier alpha value is -3.67. The number of rotatable bonds is 7. The number of imidazole rings is 1. The quantitative estimate of drug-likeness (QED) is 0.254. The van der Waals surface area contributed by atoms with Gasteiger partial charge in [-0.3, -0.25) is 4.57 Å². The highest BCUT2D eigenvalue weighted by atomic mass is 16.6. The van der Waals surface area contributed by atoms with E-state index < -0.39 is 24.4 Å². The minimum absolute atomic E-state index is 0.0396. The Balaban J connectivity index is 1.54. The lowest BCUT2D eigenvalue weighted by Crippen LogP contribution is -2.31. The number of hydrogen-bond donors (Lipinski definition) is 2. The molecule has 1 saturated heterocycles. The molecule has 0 spiro atoms. The largest absolute Gasteiger partial charge is 0.455 e. The fourth-order valence-corrected chi connectivity index (χ4v) is 3.42. The first kappa shape index (κ1) is 19.6. The van der Waals surface area contributed by atoms with Crippen LogP contribution in [0.1, 0.15) is 28.7 Å². The van der Waals surface area contributed by atoms with E-state index in [0.29, 0.717) is 23.1 Å². The smallest absolute Gasteiger partial charge is 0.355 e. The van der Waals surface area contributed by atoms with Gasteiger partial charge in [-0.2, -0.15) is 0 Å². The van der Waals surface area contributed by atoms with E-state index >= 15 is 0 Å². The average molecular weight is 413 g/mol. The van der Waals surface area contributed by atoms with Crippen molar-refractivity contribution in [2.24, 2.45) is 5.11 Å². The number of ether oxygens (including phenoxy) is 3. The van der Waals surface area contributed by atoms with E-state index in [2.05, 4.69) is 30.0 Å². The van der Waals surface area contributed by atoms with Crippen LogP contribution in [0, 0.1) is 0 Å². The standard InChI is InChI=1S/C17H19N9O4/c1-28-6-11-10(30-17(27)13-9(2-3-20-13)5-24-25-19)4-12(29-11)26-8-23-14-15(18)21-7-22-16(14)26/h2-3,7-8,10-12,20H,4-6H2,1H3,(H2,18,21,22)/t10?,11-,12-/m1/s1. The van der Waals surface area contributed by atoms with Gasteiger partial charge in [0.15, 0.2) is 11.5 Å². The number of esters is 1. The van der Waals surface area contributed by atoms with Crippen molar-refractivity contribution in [2.45, 2.75) is 31.4 Å². The molecule has 0 aromatic carbocycles. The maximum atomic E-state index is 12.7. The second kappa shape index (κ2) is 8.37. The summed E-state index contributed by atoms with van der Waals surface area (Å²) in [5.41, 5.74) is 16.1. The highest BCUT2D eigenvalue weighted by molar-refractivity contribution is 5.89. The molecule has 0 aliphatic carbocycles. The summed E-state index contributed by atoms with van der Waals surface area (Å²) >= 11 is 0. The number of nitrogens with two attached hydrogens (primary N) is 1. The van der Waals surface area contributed by atoms with Gasteiger partial charge < -0.3 is 24.9 Å². The number of methoxy groups -OCH3 is 1.